The van der Waals surface area contributed by atoms with Crippen molar-refractivity contribution in [2.45, 2.75) is 26.1 Å². The van der Waals surface area contributed by atoms with Crippen LogP contribution in [0.3, 0.4) is 0 Å². The Morgan fingerprint density at radius 2 is 2.37 bits per heavy atom. The third kappa shape index (κ3) is 3.09. The number of anilines is 1. The first-order valence-corrected chi connectivity index (χ1v) is 6.42. The molecule has 0 bridgehead atoms. The van der Waals surface area contributed by atoms with Gasteiger partial charge in [0.15, 0.2) is 11.5 Å². The molecule has 19 heavy (non-hydrogen) atoms. The van der Waals surface area contributed by atoms with Crippen LogP contribution in [0.5, 0.6) is 11.5 Å². The highest BCUT2D eigenvalue weighted by Crippen LogP contribution is 2.39. The summed E-state index contributed by atoms with van der Waals surface area (Å²) >= 11 is 0. The molecule has 1 aliphatic rings. The van der Waals surface area contributed by atoms with Crippen LogP contribution >= 0.6 is 0 Å². The monoisotopic (exact) mass is 262 g/mol. The average molecular weight is 262 g/mol. The normalized spacial score (nSPS) is 16.8. The molecule has 1 aromatic carbocycles. The zero-order valence-corrected chi connectivity index (χ0v) is 11.2. The van der Waals surface area contributed by atoms with E-state index in [-0.39, 0.29) is 6.29 Å². The molecule has 1 N–H and O–H groups in total. The average Bonchev–Trinajstić information content (AvgIpc) is 2.46. The van der Waals surface area contributed by atoms with Crippen LogP contribution < -0.4 is 14.8 Å². The van der Waals surface area contributed by atoms with Crippen LogP contribution in [0.15, 0.2) is 12.1 Å². The van der Waals surface area contributed by atoms with Gasteiger partial charge >= 0.3 is 0 Å². The van der Waals surface area contributed by atoms with Crippen molar-refractivity contribution < 1.29 is 14.2 Å². The van der Waals surface area contributed by atoms with Gasteiger partial charge in [-0.1, -0.05) is 13.3 Å². The van der Waals surface area contributed by atoms with Gasteiger partial charge in [0.2, 0.25) is 6.29 Å². The van der Waals surface area contributed by atoms with Crippen LogP contribution in [0.2, 0.25) is 0 Å². The standard InChI is InChI=1S/C14H18N2O3/c1-3-4-5-18-13-9-16-11-6-10(8-15)7-12(17-2)14(11)19-13/h6-7,13,16H,3-5,9H2,1-2H3. The van der Waals surface area contributed by atoms with Gasteiger partial charge in [0.25, 0.3) is 0 Å². The number of unbranched alkanes of at least 4 members (excludes halogenated alkanes) is 1. The Morgan fingerprint density at radius 3 is 3.05 bits per heavy atom. The first-order valence-electron chi connectivity index (χ1n) is 6.42. The lowest BCUT2D eigenvalue weighted by molar-refractivity contribution is -0.0753. The lowest BCUT2D eigenvalue weighted by atomic mass is 10.1. The van der Waals surface area contributed by atoms with E-state index in [1.54, 1.807) is 19.2 Å². The summed E-state index contributed by atoms with van der Waals surface area (Å²) in [4.78, 5) is 0. The molecule has 1 unspecified atom stereocenters. The fourth-order valence-electron chi connectivity index (χ4n) is 1.89. The van der Waals surface area contributed by atoms with Crippen LogP contribution in [0.1, 0.15) is 25.3 Å². The molecule has 5 nitrogen and oxygen atoms in total. The van der Waals surface area contributed by atoms with Crippen LogP contribution in [-0.4, -0.2) is 26.6 Å². The smallest absolute Gasteiger partial charge is 0.217 e. The molecule has 5 heteroatoms. The third-order valence-electron chi connectivity index (χ3n) is 2.91. The Kier molecular flexibility index (Phi) is 4.48. The SMILES string of the molecule is CCCCOC1CNc2cc(C#N)cc(OC)c2O1. The number of nitriles is 1. The molecule has 1 aromatic rings. The zero-order valence-electron chi connectivity index (χ0n) is 11.2. The third-order valence-corrected chi connectivity index (χ3v) is 2.91. The molecule has 0 fully saturated rings. The number of hydrogen-bond donors (Lipinski definition) is 1. The summed E-state index contributed by atoms with van der Waals surface area (Å²) in [7, 11) is 1.56. The lowest BCUT2D eigenvalue weighted by Crippen LogP contribution is -2.33. The first-order chi connectivity index (χ1) is 9.28. The number of nitrogens with one attached hydrogen (secondary N) is 1. The summed E-state index contributed by atoms with van der Waals surface area (Å²) in [6.45, 7) is 3.36. The predicted octanol–water partition coefficient (Wildman–Crippen LogP) is 2.51. The maximum Gasteiger partial charge on any atom is 0.217 e. The second-order valence-corrected chi connectivity index (χ2v) is 4.32. The number of fused-ring (bicyclic) bond motifs is 1. The number of ether oxygens (including phenoxy) is 3. The van der Waals surface area contributed by atoms with Gasteiger partial charge in [-0.25, -0.2) is 0 Å². The number of methoxy groups -OCH3 is 1. The molecule has 1 atom stereocenters. The summed E-state index contributed by atoms with van der Waals surface area (Å²) < 4.78 is 16.7. The van der Waals surface area contributed by atoms with Crippen LogP contribution in [-0.2, 0) is 4.74 Å². The van der Waals surface area contributed by atoms with E-state index in [9.17, 15) is 0 Å². The Bertz CT molecular complexity index is 465. The highest BCUT2D eigenvalue weighted by molar-refractivity contribution is 5.67. The molecule has 0 amide bonds. The number of hydrogen-bond acceptors (Lipinski definition) is 5. The molecular weight excluding hydrogens is 244 g/mol. The van der Waals surface area contributed by atoms with Crippen molar-refractivity contribution in [1.29, 1.82) is 5.26 Å². The van der Waals surface area contributed by atoms with Crippen molar-refractivity contribution in [2.24, 2.45) is 0 Å². The summed E-state index contributed by atoms with van der Waals surface area (Å²) in [6, 6.07) is 5.51. The van der Waals surface area contributed by atoms with E-state index in [0.29, 0.717) is 30.2 Å². The minimum absolute atomic E-state index is 0.319. The van der Waals surface area contributed by atoms with E-state index in [2.05, 4.69) is 18.3 Å². The minimum Gasteiger partial charge on any atom is -0.493 e. The van der Waals surface area contributed by atoms with Crippen molar-refractivity contribution in [3.8, 4) is 17.6 Å². The molecular formula is C14H18N2O3. The summed E-state index contributed by atoms with van der Waals surface area (Å²) in [5, 5.41) is 12.2. The maximum atomic E-state index is 8.96. The van der Waals surface area contributed by atoms with E-state index in [4.69, 9.17) is 19.5 Å². The molecule has 0 spiro atoms. The molecule has 0 aromatic heterocycles. The van der Waals surface area contributed by atoms with Crippen molar-refractivity contribution in [3.05, 3.63) is 17.7 Å². The van der Waals surface area contributed by atoms with E-state index >= 15 is 0 Å². The molecule has 1 heterocycles. The first kappa shape index (κ1) is 13.5. The van der Waals surface area contributed by atoms with Gasteiger partial charge in [0.05, 0.1) is 37.6 Å². The number of rotatable bonds is 5. The van der Waals surface area contributed by atoms with Crippen molar-refractivity contribution in [3.63, 3.8) is 0 Å². The number of benzene rings is 1. The highest BCUT2D eigenvalue weighted by atomic mass is 16.7. The quantitative estimate of drug-likeness (QED) is 0.826. The maximum absolute atomic E-state index is 8.96. The van der Waals surface area contributed by atoms with Crippen LogP contribution in [0.4, 0.5) is 5.69 Å². The van der Waals surface area contributed by atoms with Crippen molar-refractivity contribution in [2.75, 3.05) is 25.6 Å². The highest BCUT2D eigenvalue weighted by Gasteiger charge is 2.23. The van der Waals surface area contributed by atoms with Gasteiger partial charge in [0, 0.05) is 6.07 Å². The van der Waals surface area contributed by atoms with Gasteiger partial charge in [-0.05, 0) is 12.5 Å². The predicted molar refractivity (Wildman–Crippen MR) is 71.5 cm³/mol. The summed E-state index contributed by atoms with van der Waals surface area (Å²) in [6.07, 6.45) is 1.78. The summed E-state index contributed by atoms with van der Waals surface area (Å²) in [5.74, 6) is 1.15. The molecule has 0 saturated heterocycles. The van der Waals surface area contributed by atoms with Gasteiger partial charge in [-0.2, -0.15) is 5.26 Å². The molecule has 1 aliphatic heterocycles. The molecule has 102 valence electrons. The second kappa shape index (κ2) is 6.30. The van der Waals surface area contributed by atoms with E-state index in [1.165, 1.54) is 0 Å². The topological polar surface area (TPSA) is 63.5 Å². The van der Waals surface area contributed by atoms with Crippen LogP contribution in [0.25, 0.3) is 0 Å². The fourth-order valence-corrected chi connectivity index (χ4v) is 1.89. The molecule has 0 radical (unpaired) electrons. The van der Waals surface area contributed by atoms with Crippen molar-refractivity contribution >= 4 is 5.69 Å². The van der Waals surface area contributed by atoms with E-state index < -0.39 is 0 Å². The van der Waals surface area contributed by atoms with Gasteiger partial charge in [-0.15, -0.1) is 0 Å². The lowest BCUT2D eigenvalue weighted by Gasteiger charge is -2.28. The van der Waals surface area contributed by atoms with E-state index in [0.717, 1.165) is 18.5 Å². The number of nitrogens with zero attached hydrogens (tertiary/aromatic N) is 1. The fraction of sp³-hybridized carbons (Fsp3) is 0.500. The Morgan fingerprint density at radius 1 is 1.53 bits per heavy atom. The van der Waals surface area contributed by atoms with Gasteiger partial charge in [0.1, 0.15) is 0 Å². The largest absolute Gasteiger partial charge is 0.493 e. The Balaban J connectivity index is 2.13. The molecule has 0 saturated carbocycles. The Hall–Kier alpha value is -1.93. The molecule has 2 rings (SSSR count). The Labute approximate surface area is 113 Å². The minimum atomic E-state index is -0.319. The van der Waals surface area contributed by atoms with Crippen LogP contribution in [0, 0.1) is 11.3 Å². The summed E-state index contributed by atoms with van der Waals surface area (Å²) in [5.41, 5.74) is 1.31. The zero-order chi connectivity index (χ0) is 13.7. The molecule has 0 aliphatic carbocycles. The van der Waals surface area contributed by atoms with Gasteiger partial charge < -0.3 is 19.5 Å². The van der Waals surface area contributed by atoms with E-state index in [1.807, 2.05) is 0 Å². The second-order valence-electron chi connectivity index (χ2n) is 4.32. The van der Waals surface area contributed by atoms with Crippen molar-refractivity contribution in [1.82, 2.24) is 0 Å². The van der Waals surface area contributed by atoms with Gasteiger partial charge in [-0.3, -0.25) is 0 Å².